The van der Waals surface area contributed by atoms with Crippen molar-refractivity contribution in [3.8, 4) is 11.5 Å². The minimum absolute atomic E-state index is 0.00851. The number of fused-ring (bicyclic) bond motifs is 3. The monoisotopic (exact) mass is 382 g/mol. The lowest BCUT2D eigenvalue weighted by atomic mass is 10.1. The van der Waals surface area contributed by atoms with Crippen LogP contribution in [0.1, 0.15) is 22.2 Å². The standard InChI is InChI=1S/C21H22N2O3S/c1-13-11-23(12-14-5-4-6-15(9-14)25-2)19-17-10-16(26-3)7-8-18(17)27-20(19)21(24)22-13/h4-10,13H,11-12H2,1-3H3,(H,22,24)/t13-/m0/s1. The van der Waals surface area contributed by atoms with Crippen LogP contribution in [0.25, 0.3) is 10.1 Å². The molecule has 0 spiro atoms. The number of rotatable bonds is 4. The summed E-state index contributed by atoms with van der Waals surface area (Å²) in [5, 5.41) is 4.16. The molecule has 2 heterocycles. The summed E-state index contributed by atoms with van der Waals surface area (Å²) >= 11 is 1.53. The predicted molar refractivity (Wildman–Crippen MR) is 109 cm³/mol. The van der Waals surface area contributed by atoms with E-state index in [0.717, 1.165) is 44.3 Å². The molecule has 1 aromatic heterocycles. The maximum atomic E-state index is 12.8. The van der Waals surface area contributed by atoms with E-state index in [4.69, 9.17) is 9.47 Å². The topological polar surface area (TPSA) is 50.8 Å². The summed E-state index contributed by atoms with van der Waals surface area (Å²) in [5.74, 6) is 1.62. The van der Waals surface area contributed by atoms with Gasteiger partial charge in [-0.15, -0.1) is 11.3 Å². The molecular weight excluding hydrogens is 360 g/mol. The Bertz CT molecular complexity index is 998. The summed E-state index contributed by atoms with van der Waals surface area (Å²) in [4.78, 5) is 15.8. The number of amides is 1. The van der Waals surface area contributed by atoms with Gasteiger partial charge in [0.25, 0.3) is 5.91 Å². The van der Waals surface area contributed by atoms with E-state index in [-0.39, 0.29) is 11.9 Å². The van der Waals surface area contributed by atoms with E-state index in [1.54, 1.807) is 14.2 Å². The predicted octanol–water partition coefficient (Wildman–Crippen LogP) is 4.06. The van der Waals surface area contributed by atoms with E-state index in [2.05, 4.69) is 16.3 Å². The number of anilines is 1. The van der Waals surface area contributed by atoms with Crippen molar-refractivity contribution >= 4 is 33.0 Å². The molecular formula is C21H22N2O3S. The number of hydrogen-bond acceptors (Lipinski definition) is 5. The third-order valence-corrected chi connectivity index (χ3v) is 5.93. The summed E-state index contributed by atoms with van der Waals surface area (Å²) in [6.45, 7) is 3.47. The number of nitrogens with one attached hydrogen (secondary N) is 1. The van der Waals surface area contributed by atoms with Gasteiger partial charge < -0.3 is 19.7 Å². The number of thiophene rings is 1. The minimum atomic E-state index is -0.00851. The normalized spacial score (nSPS) is 16.6. The van der Waals surface area contributed by atoms with Crippen LogP contribution in [0.5, 0.6) is 11.5 Å². The quantitative estimate of drug-likeness (QED) is 0.739. The van der Waals surface area contributed by atoms with Crippen LogP contribution >= 0.6 is 11.3 Å². The molecule has 0 saturated carbocycles. The number of benzene rings is 2. The Balaban J connectivity index is 1.83. The minimum Gasteiger partial charge on any atom is -0.497 e. The highest BCUT2D eigenvalue weighted by Crippen LogP contribution is 2.41. The van der Waals surface area contributed by atoms with Crippen LogP contribution in [0, 0.1) is 0 Å². The maximum Gasteiger partial charge on any atom is 0.263 e. The molecule has 4 rings (SSSR count). The smallest absolute Gasteiger partial charge is 0.263 e. The Labute approximate surface area is 162 Å². The molecule has 0 aliphatic carbocycles. The van der Waals surface area contributed by atoms with Gasteiger partial charge in [0.05, 0.1) is 19.9 Å². The van der Waals surface area contributed by atoms with E-state index in [9.17, 15) is 4.79 Å². The first kappa shape index (κ1) is 17.7. The first-order valence-electron chi connectivity index (χ1n) is 8.88. The van der Waals surface area contributed by atoms with Crippen LogP contribution in [0.2, 0.25) is 0 Å². The van der Waals surface area contributed by atoms with Gasteiger partial charge in [-0.3, -0.25) is 4.79 Å². The lowest BCUT2D eigenvalue weighted by Crippen LogP contribution is -2.38. The molecule has 27 heavy (non-hydrogen) atoms. The lowest BCUT2D eigenvalue weighted by molar-refractivity contribution is 0.0949. The fourth-order valence-electron chi connectivity index (χ4n) is 3.55. The van der Waals surface area contributed by atoms with Crippen molar-refractivity contribution in [3.05, 3.63) is 52.9 Å². The van der Waals surface area contributed by atoms with Gasteiger partial charge >= 0.3 is 0 Å². The molecule has 1 N–H and O–H groups in total. The van der Waals surface area contributed by atoms with Gasteiger partial charge in [-0.25, -0.2) is 0 Å². The number of carbonyl (C=O) groups is 1. The van der Waals surface area contributed by atoms with E-state index >= 15 is 0 Å². The molecule has 0 unspecified atom stereocenters. The third-order valence-electron chi connectivity index (χ3n) is 4.77. The second-order valence-corrected chi connectivity index (χ2v) is 7.80. The zero-order valence-corrected chi connectivity index (χ0v) is 16.4. The fourth-order valence-corrected chi connectivity index (χ4v) is 4.66. The fraction of sp³-hybridized carbons (Fsp3) is 0.286. The summed E-state index contributed by atoms with van der Waals surface area (Å²) in [5.41, 5.74) is 2.13. The van der Waals surface area contributed by atoms with Gasteiger partial charge in [-0.1, -0.05) is 12.1 Å². The SMILES string of the molecule is COc1cccc(CN2C[C@H](C)NC(=O)c3sc4ccc(OC)cc4c32)c1. The molecule has 0 saturated heterocycles. The molecule has 1 aliphatic rings. The number of carbonyl (C=O) groups excluding carboxylic acids is 1. The van der Waals surface area contributed by atoms with Crippen molar-refractivity contribution in [2.75, 3.05) is 25.7 Å². The lowest BCUT2D eigenvalue weighted by Gasteiger charge is -2.26. The Morgan fingerprint density at radius 2 is 1.93 bits per heavy atom. The van der Waals surface area contributed by atoms with Gasteiger partial charge in [-0.05, 0) is 42.8 Å². The number of methoxy groups -OCH3 is 2. The summed E-state index contributed by atoms with van der Waals surface area (Å²) < 4.78 is 11.9. The first-order valence-corrected chi connectivity index (χ1v) is 9.70. The number of hydrogen-bond donors (Lipinski definition) is 1. The van der Waals surface area contributed by atoms with Gasteiger partial charge in [0.2, 0.25) is 0 Å². The second kappa shape index (κ2) is 7.12. The molecule has 0 bridgehead atoms. The van der Waals surface area contributed by atoms with Gasteiger partial charge in [0, 0.05) is 29.2 Å². The molecule has 6 heteroatoms. The average Bonchev–Trinajstić information content (AvgIpc) is 3.01. The third kappa shape index (κ3) is 3.32. The molecule has 0 fully saturated rings. The summed E-state index contributed by atoms with van der Waals surface area (Å²) in [6, 6.07) is 14.1. The Morgan fingerprint density at radius 1 is 1.15 bits per heavy atom. The van der Waals surface area contributed by atoms with Crippen molar-refractivity contribution < 1.29 is 14.3 Å². The van der Waals surface area contributed by atoms with E-state index < -0.39 is 0 Å². The van der Waals surface area contributed by atoms with E-state index in [0.29, 0.717) is 6.54 Å². The Morgan fingerprint density at radius 3 is 2.70 bits per heavy atom. The maximum absolute atomic E-state index is 12.8. The van der Waals surface area contributed by atoms with Crippen molar-refractivity contribution in [3.63, 3.8) is 0 Å². The molecule has 1 aliphatic heterocycles. The first-order chi connectivity index (χ1) is 13.1. The summed E-state index contributed by atoms with van der Waals surface area (Å²) in [6.07, 6.45) is 0. The number of nitrogens with zero attached hydrogens (tertiary/aromatic N) is 1. The van der Waals surface area contributed by atoms with Crippen molar-refractivity contribution in [1.29, 1.82) is 0 Å². The zero-order valence-electron chi connectivity index (χ0n) is 15.6. The number of ether oxygens (including phenoxy) is 2. The van der Waals surface area contributed by atoms with Gasteiger partial charge in [0.1, 0.15) is 16.4 Å². The highest BCUT2D eigenvalue weighted by molar-refractivity contribution is 7.21. The molecule has 5 nitrogen and oxygen atoms in total. The molecule has 2 aromatic carbocycles. The Hall–Kier alpha value is -2.73. The largest absolute Gasteiger partial charge is 0.497 e. The molecule has 140 valence electrons. The van der Waals surface area contributed by atoms with E-state index in [1.807, 2.05) is 43.3 Å². The molecule has 1 atom stereocenters. The summed E-state index contributed by atoms with van der Waals surface area (Å²) in [7, 11) is 3.33. The molecule has 3 aromatic rings. The van der Waals surface area contributed by atoms with Crippen LogP contribution < -0.4 is 19.7 Å². The van der Waals surface area contributed by atoms with Crippen molar-refractivity contribution in [2.24, 2.45) is 0 Å². The molecule has 0 radical (unpaired) electrons. The highest BCUT2D eigenvalue weighted by atomic mass is 32.1. The van der Waals surface area contributed by atoms with Crippen LogP contribution in [0.15, 0.2) is 42.5 Å². The van der Waals surface area contributed by atoms with Crippen LogP contribution in [-0.2, 0) is 6.54 Å². The van der Waals surface area contributed by atoms with Crippen LogP contribution in [0.4, 0.5) is 5.69 Å². The zero-order chi connectivity index (χ0) is 19.0. The molecule has 1 amide bonds. The Kier molecular flexibility index (Phi) is 4.66. The van der Waals surface area contributed by atoms with E-state index in [1.165, 1.54) is 11.3 Å². The highest BCUT2D eigenvalue weighted by Gasteiger charge is 2.29. The van der Waals surface area contributed by atoms with Gasteiger partial charge in [-0.2, -0.15) is 0 Å². The second-order valence-electron chi connectivity index (χ2n) is 6.75. The van der Waals surface area contributed by atoms with Crippen molar-refractivity contribution in [2.45, 2.75) is 19.5 Å². The average molecular weight is 382 g/mol. The van der Waals surface area contributed by atoms with Gasteiger partial charge in [0.15, 0.2) is 0 Å². The van der Waals surface area contributed by atoms with Crippen LogP contribution in [0.3, 0.4) is 0 Å². The van der Waals surface area contributed by atoms with Crippen LogP contribution in [-0.4, -0.2) is 32.7 Å². The van der Waals surface area contributed by atoms with Crippen molar-refractivity contribution in [1.82, 2.24) is 5.32 Å².